The van der Waals surface area contributed by atoms with Crippen molar-refractivity contribution in [1.29, 1.82) is 0 Å². The number of amides is 8. The minimum atomic E-state index is -1.41. The van der Waals surface area contributed by atoms with E-state index in [2.05, 4.69) is 52.5 Å². The number of nitrogens with zero attached hydrogens (tertiary/aromatic N) is 2. The lowest BCUT2D eigenvalue weighted by Gasteiger charge is -2.33. The van der Waals surface area contributed by atoms with E-state index >= 15 is 0 Å². The summed E-state index contributed by atoms with van der Waals surface area (Å²) in [5.41, 5.74) is 1.90. The maximum absolute atomic E-state index is 14.7. The minimum absolute atomic E-state index is 0.113. The third-order valence-electron chi connectivity index (χ3n) is 12.0. The van der Waals surface area contributed by atoms with Crippen LogP contribution < -0.4 is 42.5 Å². The second-order valence-electron chi connectivity index (χ2n) is 18.2. The molecule has 6 heterocycles. The van der Waals surface area contributed by atoms with Gasteiger partial charge in [-0.15, -0.1) is 0 Å². The maximum Gasteiger partial charge on any atom is 0.326 e. The molecule has 7 rings (SSSR count). The van der Waals surface area contributed by atoms with Gasteiger partial charge in [0.2, 0.25) is 47.3 Å². The predicted molar refractivity (Wildman–Crippen MR) is 234 cm³/mol. The van der Waals surface area contributed by atoms with Gasteiger partial charge in [-0.05, 0) is 49.1 Å². The monoisotopic (exact) mass is 901 g/mol. The van der Waals surface area contributed by atoms with Crippen molar-refractivity contribution in [3.63, 3.8) is 0 Å². The van der Waals surface area contributed by atoms with Gasteiger partial charge in [0.15, 0.2) is 0 Å². The Balaban J connectivity index is 1.56. The molecule has 1 saturated heterocycles. The van der Waals surface area contributed by atoms with Crippen molar-refractivity contribution >= 4 is 64.1 Å². The second-order valence-corrected chi connectivity index (χ2v) is 18.2. The summed E-state index contributed by atoms with van der Waals surface area (Å²) in [5, 5.41) is 32.1. The Kier molecular flexibility index (Phi) is 14.6. The quantitative estimate of drug-likeness (QED) is 0.133. The molecule has 0 spiro atoms. The van der Waals surface area contributed by atoms with E-state index in [-0.39, 0.29) is 55.5 Å². The van der Waals surface area contributed by atoms with Gasteiger partial charge in [0.1, 0.15) is 54.4 Å². The zero-order valence-corrected chi connectivity index (χ0v) is 37.5. The summed E-state index contributed by atoms with van der Waals surface area (Å²) in [5.74, 6) is -7.88. The number of carboxylic acid groups (broad SMARTS) is 1. The summed E-state index contributed by atoms with van der Waals surface area (Å²) < 4.78 is 1.59. The number of carbonyl (C=O) groups excluding carboxylic acids is 8. The Morgan fingerprint density at radius 3 is 2.18 bits per heavy atom. The molecule has 21 nitrogen and oxygen atoms in total. The number of imidazole rings is 1. The molecule has 3 aromatic rings. The number of aliphatic carboxylic acids is 1. The van der Waals surface area contributed by atoms with Gasteiger partial charge in [-0.3, -0.25) is 42.9 Å². The Morgan fingerprint density at radius 2 is 1.54 bits per heavy atom. The highest BCUT2D eigenvalue weighted by atomic mass is 16.4. The molecule has 8 atom stereocenters. The average molecular weight is 902 g/mol. The number of fused-ring (bicyclic) bond motifs is 13. The van der Waals surface area contributed by atoms with Crippen LogP contribution in [-0.4, -0.2) is 122 Å². The van der Waals surface area contributed by atoms with Gasteiger partial charge in [-0.1, -0.05) is 53.7 Å². The lowest BCUT2D eigenvalue weighted by atomic mass is 9.81. The number of nitrogens with one attached hydrogen (secondary N) is 9. The topological polar surface area (TPSA) is 304 Å². The average Bonchev–Trinajstić information content (AvgIpc) is 3.98. The van der Waals surface area contributed by atoms with Crippen LogP contribution in [0.1, 0.15) is 90.5 Å². The van der Waals surface area contributed by atoms with Crippen molar-refractivity contribution in [3.8, 4) is 5.82 Å². The molecule has 0 aliphatic carbocycles. The largest absolute Gasteiger partial charge is 0.480 e. The molecule has 8 unspecified atom stereocenters. The molecular weight excluding hydrogens is 843 g/mol. The number of aromatic amines is 1. The fourth-order valence-electron chi connectivity index (χ4n) is 8.61. The first-order valence-corrected chi connectivity index (χ1v) is 22.0. The molecule has 10 N–H and O–H groups in total. The number of carboxylic acids is 1. The summed E-state index contributed by atoms with van der Waals surface area (Å²) in [7, 11) is 0. The first-order chi connectivity index (χ1) is 30.7. The van der Waals surface area contributed by atoms with Crippen molar-refractivity contribution in [2.24, 2.45) is 17.8 Å². The summed E-state index contributed by atoms with van der Waals surface area (Å²) >= 11 is 0. The molecule has 4 aliphatic rings. The Bertz CT molecular complexity index is 2370. The van der Waals surface area contributed by atoms with Crippen LogP contribution in [-0.2, 0) is 56.0 Å². The van der Waals surface area contributed by atoms with Gasteiger partial charge in [0, 0.05) is 47.8 Å². The van der Waals surface area contributed by atoms with E-state index in [1.807, 2.05) is 33.8 Å². The van der Waals surface area contributed by atoms with Gasteiger partial charge in [-0.2, -0.15) is 0 Å². The van der Waals surface area contributed by atoms with E-state index < -0.39 is 108 Å². The van der Waals surface area contributed by atoms with Crippen LogP contribution in [0.25, 0.3) is 16.7 Å². The zero-order valence-electron chi connectivity index (χ0n) is 37.5. The van der Waals surface area contributed by atoms with Gasteiger partial charge in [0.25, 0.3) is 0 Å². The molecule has 65 heavy (non-hydrogen) atoms. The summed E-state index contributed by atoms with van der Waals surface area (Å²) in [6.07, 6.45) is 3.12. The summed E-state index contributed by atoms with van der Waals surface area (Å²) in [4.78, 5) is 130. The van der Waals surface area contributed by atoms with Crippen LogP contribution in [0.15, 0.2) is 30.7 Å². The van der Waals surface area contributed by atoms with Crippen LogP contribution in [0.4, 0.5) is 0 Å². The Hall–Kier alpha value is -6.80. The highest BCUT2D eigenvalue weighted by Gasteiger charge is 2.40. The van der Waals surface area contributed by atoms with Gasteiger partial charge in [-0.25, -0.2) is 9.78 Å². The molecule has 8 amide bonds. The van der Waals surface area contributed by atoms with Gasteiger partial charge >= 0.3 is 5.97 Å². The van der Waals surface area contributed by atoms with E-state index in [9.17, 15) is 48.3 Å². The molecule has 1 fully saturated rings. The van der Waals surface area contributed by atoms with E-state index in [4.69, 9.17) is 0 Å². The van der Waals surface area contributed by atoms with E-state index in [0.29, 0.717) is 27.8 Å². The number of aromatic nitrogens is 3. The molecular formula is C44H59N11O10. The number of carbonyl (C=O) groups is 9. The number of hydrogen-bond acceptors (Lipinski definition) is 10. The van der Waals surface area contributed by atoms with E-state index in [0.717, 1.165) is 0 Å². The molecule has 4 aliphatic heterocycles. The van der Waals surface area contributed by atoms with Crippen molar-refractivity contribution in [3.05, 3.63) is 47.5 Å². The molecule has 0 radical (unpaired) electrons. The predicted octanol–water partition coefficient (Wildman–Crippen LogP) is -0.684. The number of hydrogen-bond donors (Lipinski definition) is 10. The number of benzene rings is 1. The normalized spacial score (nSPS) is 26.3. The zero-order chi connectivity index (χ0) is 47.4. The third kappa shape index (κ3) is 11.1. The smallest absolute Gasteiger partial charge is 0.326 e. The van der Waals surface area contributed by atoms with Crippen molar-refractivity contribution in [1.82, 2.24) is 57.1 Å². The fraction of sp³-hybridized carbons (Fsp3) is 0.545. The molecule has 7 bridgehead atoms. The summed E-state index contributed by atoms with van der Waals surface area (Å²) in [6.45, 7) is 11.7. The first-order valence-electron chi connectivity index (χ1n) is 22.0. The van der Waals surface area contributed by atoms with Crippen LogP contribution in [0, 0.1) is 17.8 Å². The minimum Gasteiger partial charge on any atom is -0.480 e. The number of rotatable bonds is 7. The third-order valence-corrected chi connectivity index (χ3v) is 12.0. The van der Waals surface area contributed by atoms with Crippen molar-refractivity contribution < 1.29 is 48.3 Å². The van der Waals surface area contributed by atoms with Crippen LogP contribution in [0.2, 0.25) is 0 Å². The Morgan fingerprint density at radius 1 is 0.815 bits per heavy atom. The SMILES string of the molecule is CC(C)CC1NC(=O)C(NC(=O)C2CCC(=O)N2)C(C(C)C)c2ccc3c4c([nH]c3c2)-n2cnc(c2)CC(C(=O)O)NC(=O)CNC(=O)C(C)NC(=O)C(C4)NC(=O)C(C(C)C)NC1=O. The van der Waals surface area contributed by atoms with Crippen LogP contribution in [0.3, 0.4) is 0 Å². The second kappa shape index (κ2) is 19.9. The standard InChI is InChI=1S/C44H59N11O10/c1-19(2)12-29-41(61)53-35(21(5)6)42(62)52-30-15-26-25-9-8-23(34(20(3)4)36(43(63)51-29)54-39(59)27-10-11-32(56)48-27)13-28(25)50-37(26)55-17-24(46-18-55)14-31(44(64)65)49-33(57)16-45-38(58)22(7)47-40(30)60/h8-9,13,17-22,27,29-31,34-36,50H,10-12,14-16H2,1-7H3,(H,45,58)(H,47,60)(H,48,56)(H,49,57)(H,51,63)(H,52,62)(H,53,61)(H,54,59)(H,64,65). The van der Waals surface area contributed by atoms with Crippen LogP contribution in [0.5, 0.6) is 0 Å². The first kappa shape index (κ1) is 47.7. The molecule has 21 heteroatoms. The molecule has 2 aromatic heterocycles. The highest BCUT2D eigenvalue weighted by molar-refractivity contribution is 5.99. The summed E-state index contributed by atoms with van der Waals surface area (Å²) in [6, 6.07) is -3.15. The molecule has 0 saturated carbocycles. The Labute approximate surface area is 375 Å². The van der Waals surface area contributed by atoms with Crippen molar-refractivity contribution in [2.45, 2.75) is 129 Å². The fourth-order valence-corrected chi connectivity index (χ4v) is 8.61. The van der Waals surface area contributed by atoms with E-state index in [1.54, 1.807) is 36.7 Å². The highest BCUT2D eigenvalue weighted by Crippen LogP contribution is 2.34. The molecule has 350 valence electrons. The molecule has 1 aromatic carbocycles. The van der Waals surface area contributed by atoms with Gasteiger partial charge < -0.3 is 52.6 Å². The number of H-pyrrole nitrogens is 1. The van der Waals surface area contributed by atoms with Gasteiger partial charge in [0.05, 0.1) is 12.2 Å². The van der Waals surface area contributed by atoms with E-state index in [1.165, 1.54) is 13.3 Å². The lowest BCUT2D eigenvalue weighted by molar-refractivity contribution is -0.141. The lowest BCUT2D eigenvalue weighted by Crippen LogP contribution is -2.61. The van der Waals surface area contributed by atoms with Crippen molar-refractivity contribution in [2.75, 3.05) is 6.54 Å². The maximum atomic E-state index is 14.7. The van der Waals surface area contributed by atoms with Crippen LogP contribution >= 0.6 is 0 Å².